The van der Waals surface area contributed by atoms with Crippen LogP contribution in [0.1, 0.15) is 12.8 Å². The molecule has 138 valence electrons. The fourth-order valence-corrected chi connectivity index (χ4v) is 5.10. The van der Waals surface area contributed by atoms with Crippen molar-refractivity contribution in [2.24, 2.45) is 0 Å². The van der Waals surface area contributed by atoms with E-state index in [2.05, 4.69) is 10.3 Å². The lowest BCUT2D eigenvalue weighted by molar-refractivity contribution is -0.116. The highest BCUT2D eigenvalue weighted by atomic mass is 35.5. The number of nitrogens with zero attached hydrogens (tertiary/aromatic N) is 2. The summed E-state index contributed by atoms with van der Waals surface area (Å²) in [6.07, 6.45) is 0.672. The Labute approximate surface area is 159 Å². The maximum absolute atomic E-state index is 12.4. The Kier molecular flexibility index (Phi) is 5.33. The number of halogens is 1. The van der Waals surface area contributed by atoms with Crippen LogP contribution in [0.25, 0.3) is 11.1 Å². The van der Waals surface area contributed by atoms with Crippen molar-refractivity contribution in [3.8, 4) is 0 Å². The molecule has 0 aliphatic rings. The van der Waals surface area contributed by atoms with Crippen molar-refractivity contribution in [1.82, 2.24) is 9.29 Å². The number of aryl methyl sites for hydroxylation is 1. The third-order valence-corrected chi connectivity index (χ3v) is 7.10. The number of anilines is 1. The molecule has 10 heteroatoms. The zero-order valence-electron chi connectivity index (χ0n) is 14.0. The van der Waals surface area contributed by atoms with Gasteiger partial charge in [0, 0.05) is 19.2 Å². The number of carbonyl (C=O) groups excluding carboxylic acids is 1. The van der Waals surface area contributed by atoms with Crippen molar-refractivity contribution >= 4 is 55.7 Å². The van der Waals surface area contributed by atoms with Crippen molar-refractivity contribution in [1.29, 1.82) is 0 Å². The van der Waals surface area contributed by atoms with Gasteiger partial charge >= 0.3 is 0 Å². The quantitative estimate of drug-likeness (QED) is 0.668. The number of oxazole rings is 1. The van der Waals surface area contributed by atoms with Crippen molar-refractivity contribution in [2.45, 2.75) is 17.6 Å². The average molecular weight is 414 g/mol. The van der Waals surface area contributed by atoms with Gasteiger partial charge in [0.25, 0.3) is 10.0 Å². The molecule has 0 fully saturated rings. The molecule has 2 aromatic heterocycles. The molecular weight excluding hydrogens is 398 g/mol. The Morgan fingerprint density at radius 3 is 2.77 bits per heavy atom. The monoisotopic (exact) mass is 413 g/mol. The standard InChI is InChI=1S/C16H16ClN3O4S2/c1-3-15-19-11-8-10(4-5-12(11)24-15)18-14(21)9-20(2)26(22,23)16-7-6-13(17)25-16/h4-8H,3,9H2,1-2H3,(H,18,21). The second-order valence-electron chi connectivity index (χ2n) is 5.51. The summed E-state index contributed by atoms with van der Waals surface area (Å²) in [7, 11) is -2.42. The summed E-state index contributed by atoms with van der Waals surface area (Å²) in [5.41, 5.74) is 1.78. The summed E-state index contributed by atoms with van der Waals surface area (Å²) in [6, 6.07) is 8.00. The van der Waals surface area contributed by atoms with Gasteiger partial charge in [0.2, 0.25) is 5.91 Å². The number of carbonyl (C=O) groups is 1. The number of rotatable bonds is 6. The highest BCUT2D eigenvalue weighted by Gasteiger charge is 2.24. The SMILES string of the molecule is CCc1nc2cc(NC(=O)CN(C)S(=O)(=O)c3ccc(Cl)s3)ccc2o1. The topological polar surface area (TPSA) is 92.5 Å². The summed E-state index contributed by atoms with van der Waals surface area (Å²) in [5, 5.41) is 2.67. The zero-order valence-corrected chi connectivity index (χ0v) is 16.4. The number of hydrogen-bond donors (Lipinski definition) is 1. The van der Waals surface area contributed by atoms with Crippen LogP contribution >= 0.6 is 22.9 Å². The first-order chi connectivity index (χ1) is 12.3. The minimum atomic E-state index is -3.76. The van der Waals surface area contributed by atoms with E-state index in [-0.39, 0.29) is 10.8 Å². The first-order valence-electron chi connectivity index (χ1n) is 7.70. The number of fused-ring (bicyclic) bond motifs is 1. The number of sulfonamides is 1. The maximum Gasteiger partial charge on any atom is 0.252 e. The van der Waals surface area contributed by atoms with Crippen molar-refractivity contribution in [3.63, 3.8) is 0 Å². The van der Waals surface area contributed by atoms with Crippen LogP contribution < -0.4 is 5.32 Å². The molecule has 0 aliphatic heterocycles. The van der Waals surface area contributed by atoms with Gasteiger partial charge in [0.05, 0.1) is 10.9 Å². The molecule has 3 rings (SSSR count). The second kappa shape index (κ2) is 7.36. The number of thiophene rings is 1. The largest absolute Gasteiger partial charge is 0.441 e. The molecule has 0 saturated heterocycles. The molecule has 0 atom stereocenters. The van der Waals surface area contributed by atoms with E-state index in [4.69, 9.17) is 16.0 Å². The van der Waals surface area contributed by atoms with E-state index in [1.165, 1.54) is 19.2 Å². The summed E-state index contributed by atoms with van der Waals surface area (Å²) >= 11 is 6.73. The van der Waals surface area contributed by atoms with Gasteiger partial charge in [0.15, 0.2) is 11.5 Å². The van der Waals surface area contributed by atoms with Gasteiger partial charge in [-0.3, -0.25) is 4.79 Å². The Balaban J connectivity index is 1.70. The number of benzene rings is 1. The Morgan fingerprint density at radius 2 is 2.12 bits per heavy atom. The minimum absolute atomic E-state index is 0.0916. The molecule has 0 radical (unpaired) electrons. The third-order valence-electron chi connectivity index (χ3n) is 3.60. The molecule has 0 bridgehead atoms. The van der Waals surface area contributed by atoms with E-state index in [9.17, 15) is 13.2 Å². The van der Waals surface area contributed by atoms with Crippen molar-refractivity contribution in [2.75, 3.05) is 18.9 Å². The molecule has 1 N–H and O–H groups in total. The first-order valence-corrected chi connectivity index (χ1v) is 10.3. The van der Waals surface area contributed by atoms with Crippen molar-refractivity contribution in [3.05, 3.63) is 40.6 Å². The Bertz CT molecular complexity index is 1060. The number of hydrogen-bond acceptors (Lipinski definition) is 6. The van der Waals surface area contributed by atoms with E-state index in [0.717, 1.165) is 15.6 Å². The fraction of sp³-hybridized carbons (Fsp3) is 0.250. The van der Waals surface area contributed by atoms with Gasteiger partial charge in [-0.2, -0.15) is 4.31 Å². The van der Waals surface area contributed by atoms with Gasteiger partial charge in [0.1, 0.15) is 9.73 Å². The van der Waals surface area contributed by atoms with Crippen LogP contribution in [0.4, 0.5) is 5.69 Å². The molecule has 0 aliphatic carbocycles. The van der Waals surface area contributed by atoms with Gasteiger partial charge < -0.3 is 9.73 Å². The lowest BCUT2D eigenvalue weighted by atomic mass is 10.3. The third kappa shape index (κ3) is 3.90. The molecule has 1 aromatic carbocycles. The second-order valence-corrected chi connectivity index (χ2v) is 9.50. The van der Waals surface area contributed by atoms with Gasteiger partial charge in [-0.1, -0.05) is 18.5 Å². The molecule has 0 spiro atoms. The van der Waals surface area contributed by atoms with Crippen molar-refractivity contribution < 1.29 is 17.6 Å². The van der Waals surface area contributed by atoms with E-state index >= 15 is 0 Å². The number of likely N-dealkylation sites (N-methyl/N-ethyl adjacent to an activating group) is 1. The molecule has 0 saturated carbocycles. The summed E-state index contributed by atoms with van der Waals surface area (Å²) < 4.78 is 31.8. The molecule has 0 unspecified atom stereocenters. The van der Waals surface area contributed by atoms with Crippen LogP contribution in [0, 0.1) is 0 Å². The zero-order chi connectivity index (χ0) is 18.9. The smallest absolute Gasteiger partial charge is 0.252 e. The number of nitrogens with one attached hydrogen (secondary N) is 1. The summed E-state index contributed by atoms with van der Waals surface area (Å²) in [6.45, 7) is 1.61. The van der Waals surface area contributed by atoms with Gasteiger partial charge in [-0.15, -0.1) is 11.3 Å². The summed E-state index contributed by atoms with van der Waals surface area (Å²) in [5.74, 6) is 0.154. The minimum Gasteiger partial charge on any atom is -0.441 e. The Hall–Kier alpha value is -1.94. The number of aromatic nitrogens is 1. The molecule has 2 heterocycles. The fourth-order valence-electron chi connectivity index (χ4n) is 2.28. The highest BCUT2D eigenvalue weighted by Crippen LogP contribution is 2.27. The molecular formula is C16H16ClN3O4S2. The van der Waals surface area contributed by atoms with Gasteiger partial charge in [-0.05, 0) is 30.3 Å². The lowest BCUT2D eigenvalue weighted by Crippen LogP contribution is -2.34. The normalized spacial score (nSPS) is 12.0. The van der Waals surface area contributed by atoms with E-state index in [1.54, 1.807) is 18.2 Å². The predicted molar refractivity (Wildman–Crippen MR) is 101 cm³/mol. The summed E-state index contributed by atoms with van der Waals surface area (Å²) in [4.78, 5) is 16.5. The number of amides is 1. The van der Waals surface area contributed by atoms with Crippen LogP contribution in [0.15, 0.2) is 39.0 Å². The van der Waals surface area contributed by atoms with Crippen LogP contribution in [0.2, 0.25) is 4.34 Å². The van der Waals surface area contributed by atoms with Crippen LogP contribution in [-0.4, -0.2) is 37.2 Å². The molecule has 1 amide bonds. The van der Waals surface area contributed by atoms with E-state index in [1.807, 2.05) is 6.92 Å². The molecule has 7 nitrogen and oxygen atoms in total. The van der Waals surface area contributed by atoms with E-state index < -0.39 is 15.9 Å². The lowest BCUT2D eigenvalue weighted by Gasteiger charge is -2.15. The average Bonchev–Trinajstić information content (AvgIpc) is 3.20. The Morgan fingerprint density at radius 1 is 1.35 bits per heavy atom. The molecule has 26 heavy (non-hydrogen) atoms. The van der Waals surface area contributed by atoms with Crippen LogP contribution in [0.3, 0.4) is 0 Å². The predicted octanol–water partition coefficient (Wildman–Crippen LogP) is 3.36. The van der Waals surface area contributed by atoms with E-state index in [0.29, 0.717) is 33.4 Å². The maximum atomic E-state index is 12.4. The van der Waals surface area contributed by atoms with Crippen LogP contribution in [-0.2, 0) is 21.2 Å². The first kappa shape index (κ1) is 18.8. The van der Waals surface area contributed by atoms with Crippen LogP contribution in [0.5, 0.6) is 0 Å². The highest BCUT2D eigenvalue weighted by molar-refractivity contribution is 7.91. The molecule has 3 aromatic rings. The van der Waals surface area contributed by atoms with Gasteiger partial charge in [-0.25, -0.2) is 13.4 Å².